The zero-order valence-corrected chi connectivity index (χ0v) is 6.66. The Kier molecular flexibility index (Phi) is 2.11. The minimum Gasteiger partial charge on any atom is -0.399 e. The average Bonchev–Trinajstić information content (AvgIpc) is 2.03. The highest BCUT2D eigenvalue weighted by Crippen LogP contribution is 2.12. The molecule has 1 rings (SSSR count). The minimum absolute atomic E-state index is 0.119. The maximum absolute atomic E-state index is 10.9. The van der Waals surface area contributed by atoms with E-state index in [0.717, 1.165) is 0 Å². The van der Waals surface area contributed by atoms with Crippen LogP contribution >= 0.6 is 0 Å². The number of nitrogens with two attached hydrogens (primary N) is 1. The van der Waals surface area contributed by atoms with Crippen LogP contribution in [-0.4, -0.2) is 5.78 Å². The van der Waals surface area contributed by atoms with Gasteiger partial charge in [-0.2, -0.15) is 5.26 Å². The number of hydrogen-bond acceptors (Lipinski definition) is 3. The fourth-order valence-electron chi connectivity index (χ4n) is 0.961. The van der Waals surface area contributed by atoms with Crippen molar-refractivity contribution in [1.29, 1.82) is 5.26 Å². The van der Waals surface area contributed by atoms with Crippen LogP contribution < -0.4 is 5.73 Å². The lowest BCUT2D eigenvalue weighted by Gasteiger charge is -1.99. The minimum atomic E-state index is -0.119. The van der Waals surface area contributed by atoms with Crippen molar-refractivity contribution in [2.24, 2.45) is 0 Å². The van der Waals surface area contributed by atoms with Gasteiger partial charge in [0.1, 0.15) is 0 Å². The first kappa shape index (κ1) is 8.28. The van der Waals surface area contributed by atoms with E-state index in [2.05, 4.69) is 0 Å². The summed E-state index contributed by atoms with van der Waals surface area (Å²) in [5.74, 6) is -0.119. The van der Waals surface area contributed by atoms with Crippen molar-refractivity contribution in [3.63, 3.8) is 0 Å². The normalized spacial score (nSPS) is 9.00. The molecule has 0 radical (unpaired) electrons. The number of hydrogen-bond donors (Lipinski definition) is 1. The molecule has 0 aromatic heterocycles. The van der Waals surface area contributed by atoms with Gasteiger partial charge in [0.05, 0.1) is 11.6 Å². The monoisotopic (exact) mass is 160 g/mol. The summed E-state index contributed by atoms with van der Waals surface area (Å²) in [5.41, 5.74) is 6.70. The molecule has 0 fully saturated rings. The van der Waals surface area contributed by atoms with Crippen molar-refractivity contribution < 1.29 is 4.79 Å². The van der Waals surface area contributed by atoms with E-state index >= 15 is 0 Å². The number of carbonyl (C=O) groups is 1. The molecule has 2 N–H and O–H groups in total. The second-order valence-corrected chi connectivity index (χ2v) is 2.47. The summed E-state index contributed by atoms with van der Waals surface area (Å²) in [6.45, 7) is 1.42. The Bertz CT molecular complexity index is 363. The zero-order chi connectivity index (χ0) is 9.14. The molecule has 0 heterocycles. The van der Waals surface area contributed by atoms with Crippen LogP contribution in [0.5, 0.6) is 0 Å². The second-order valence-electron chi connectivity index (χ2n) is 2.47. The number of nitrogens with zero attached hydrogens (tertiary/aromatic N) is 1. The standard InChI is InChI=1S/C9H8N2O/c1-6(12)9-3-2-8(11)4-7(9)5-10/h2-4H,11H2,1H3. The molecular formula is C9H8N2O. The highest BCUT2D eigenvalue weighted by Gasteiger charge is 2.05. The molecule has 0 atom stereocenters. The topological polar surface area (TPSA) is 66.9 Å². The third-order valence-corrected chi connectivity index (χ3v) is 1.54. The lowest BCUT2D eigenvalue weighted by molar-refractivity contribution is 0.101. The molecule has 0 spiro atoms. The van der Waals surface area contributed by atoms with Crippen molar-refractivity contribution in [2.75, 3.05) is 5.73 Å². The van der Waals surface area contributed by atoms with Gasteiger partial charge in [-0.1, -0.05) is 0 Å². The molecule has 0 saturated carbocycles. The van der Waals surface area contributed by atoms with Crippen LogP contribution in [0.1, 0.15) is 22.8 Å². The summed E-state index contributed by atoms with van der Waals surface area (Å²) in [7, 11) is 0. The molecule has 0 aliphatic heterocycles. The quantitative estimate of drug-likeness (QED) is 0.498. The zero-order valence-electron chi connectivity index (χ0n) is 6.66. The van der Waals surface area contributed by atoms with Gasteiger partial charge in [-0.3, -0.25) is 4.79 Å². The van der Waals surface area contributed by atoms with E-state index in [-0.39, 0.29) is 5.78 Å². The van der Waals surface area contributed by atoms with Crippen LogP contribution in [0.2, 0.25) is 0 Å². The Hall–Kier alpha value is -1.82. The van der Waals surface area contributed by atoms with Crippen LogP contribution in [0, 0.1) is 11.3 Å². The molecular weight excluding hydrogens is 152 g/mol. The van der Waals surface area contributed by atoms with Gasteiger partial charge in [0.2, 0.25) is 0 Å². The molecule has 0 amide bonds. The summed E-state index contributed by atoms with van der Waals surface area (Å²) in [6, 6.07) is 6.59. The van der Waals surface area contributed by atoms with E-state index in [1.54, 1.807) is 12.1 Å². The third kappa shape index (κ3) is 1.43. The van der Waals surface area contributed by atoms with Gasteiger partial charge < -0.3 is 5.73 Å². The third-order valence-electron chi connectivity index (χ3n) is 1.54. The molecule has 12 heavy (non-hydrogen) atoms. The van der Waals surface area contributed by atoms with Gasteiger partial charge in [-0.25, -0.2) is 0 Å². The maximum atomic E-state index is 10.9. The average molecular weight is 160 g/mol. The van der Waals surface area contributed by atoms with Gasteiger partial charge in [0, 0.05) is 11.3 Å². The molecule has 0 saturated heterocycles. The van der Waals surface area contributed by atoms with Crippen LogP contribution in [0.4, 0.5) is 5.69 Å². The van der Waals surface area contributed by atoms with Crippen molar-refractivity contribution in [2.45, 2.75) is 6.92 Å². The first-order chi connectivity index (χ1) is 5.65. The van der Waals surface area contributed by atoms with Gasteiger partial charge in [-0.15, -0.1) is 0 Å². The number of anilines is 1. The van der Waals surface area contributed by atoms with Gasteiger partial charge in [0.25, 0.3) is 0 Å². The lowest BCUT2D eigenvalue weighted by Crippen LogP contribution is -1.97. The van der Waals surface area contributed by atoms with E-state index in [9.17, 15) is 4.79 Å². The van der Waals surface area contributed by atoms with Crippen molar-refractivity contribution in [1.82, 2.24) is 0 Å². The van der Waals surface area contributed by atoms with Crippen LogP contribution in [0.3, 0.4) is 0 Å². The van der Waals surface area contributed by atoms with Gasteiger partial charge >= 0.3 is 0 Å². The Morgan fingerprint density at radius 3 is 2.75 bits per heavy atom. The molecule has 0 aliphatic carbocycles. The van der Waals surface area contributed by atoms with Crippen LogP contribution in [0.15, 0.2) is 18.2 Å². The number of nitrogen functional groups attached to an aromatic ring is 1. The SMILES string of the molecule is CC(=O)c1ccc(N)cc1C#N. The number of rotatable bonds is 1. The number of carbonyl (C=O) groups excluding carboxylic acids is 1. The molecule has 0 aliphatic rings. The van der Waals surface area contributed by atoms with E-state index in [4.69, 9.17) is 11.0 Å². The number of ketones is 1. The molecule has 1 aromatic carbocycles. The number of Topliss-reactive ketones (excluding diaryl/α,β-unsaturated/α-hetero) is 1. The van der Waals surface area contributed by atoms with Crippen molar-refractivity contribution in [3.05, 3.63) is 29.3 Å². The summed E-state index contributed by atoms with van der Waals surface area (Å²) >= 11 is 0. The summed E-state index contributed by atoms with van der Waals surface area (Å²) in [6.07, 6.45) is 0. The smallest absolute Gasteiger partial charge is 0.161 e. The molecule has 3 heteroatoms. The van der Waals surface area contributed by atoms with Crippen molar-refractivity contribution in [3.8, 4) is 6.07 Å². The fourth-order valence-corrected chi connectivity index (χ4v) is 0.961. The summed E-state index contributed by atoms with van der Waals surface area (Å²) in [4.78, 5) is 10.9. The van der Waals surface area contributed by atoms with E-state index in [1.165, 1.54) is 13.0 Å². The first-order valence-corrected chi connectivity index (χ1v) is 3.45. The molecule has 1 aromatic rings. The first-order valence-electron chi connectivity index (χ1n) is 3.45. The molecule has 3 nitrogen and oxygen atoms in total. The Labute approximate surface area is 70.4 Å². The van der Waals surface area contributed by atoms with Gasteiger partial charge in [0.15, 0.2) is 5.78 Å². The Morgan fingerprint density at radius 2 is 2.25 bits per heavy atom. The lowest BCUT2D eigenvalue weighted by atomic mass is 10.0. The van der Waals surface area contributed by atoms with Gasteiger partial charge in [-0.05, 0) is 25.1 Å². The predicted molar refractivity (Wildman–Crippen MR) is 45.6 cm³/mol. The highest BCUT2D eigenvalue weighted by molar-refractivity contribution is 5.96. The molecule has 0 bridgehead atoms. The summed E-state index contributed by atoms with van der Waals surface area (Å²) in [5, 5.41) is 8.63. The van der Waals surface area contributed by atoms with E-state index < -0.39 is 0 Å². The van der Waals surface area contributed by atoms with E-state index in [0.29, 0.717) is 16.8 Å². The molecule has 60 valence electrons. The summed E-state index contributed by atoms with van der Waals surface area (Å²) < 4.78 is 0. The fraction of sp³-hybridized carbons (Fsp3) is 0.111. The number of benzene rings is 1. The number of nitriles is 1. The van der Waals surface area contributed by atoms with E-state index in [1.807, 2.05) is 6.07 Å². The second kappa shape index (κ2) is 3.05. The largest absolute Gasteiger partial charge is 0.399 e. The Morgan fingerprint density at radius 1 is 1.58 bits per heavy atom. The Balaban J connectivity index is 3.32. The van der Waals surface area contributed by atoms with Crippen molar-refractivity contribution >= 4 is 11.5 Å². The predicted octanol–water partition coefficient (Wildman–Crippen LogP) is 1.34. The van der Waals surface area contributed by atoms with Crippen LogP contribution in [0.25, 0.3) is 0 Å². The highest BCUT2D eigenvalue weighted by atomic mass is 16.1. The molecule has 0 unspecified atom stereocenters. The van der Waals surface area contributed by atoms with Crippen LogP contribution in [-0.2, 0) is 0 Å². The maximum Gasteiger partial charge on any atom is 0.161 e.